The summed E-state index contributed by atoms with van der Waals surface area (Å²) < 4.78 is 25.4. The van der Waals surface area contributed by atoms with Gasteiger partial charge in [-0.1, -0.05) is 24.3 Å². The zero-order valence-corrected chi connectivity index (χ0v) is 10.1. The number of aryl methyl sites for hydroxylation is 1. The zero-order valence-electron chi connectivity index (χ0n) is 9.32. The molecule has 84 valence electrons. The predicted molar refractivity (Wildman–Crippen MR) is 62.2 cm³/mol. The van der Waals surface area contributed by atoms with Gasteiger partial charge in [-0.3, -0.25) is 0 Å². The number of benzene rings is 1. The minimum atomic E-state index is -3.13. The van der Waals surface area contributed by atoms with Gasteiger partial charge in [-0.25, -0.2) is 13.1 Å². The fourth-order valence-corrected chi connectivity index (χ4v) is 2.32. The summed E-state index contributed by atoms with van der Waals surface area (Å²) in [6.45, 7) is 5.47. The Morgan fingerprint density at radius 3 is 2.47 bits per heavy atom. The average Bonchev–Trinajstić information content (AvgIpc) is 2.17. The van der Waals surface area contributed by atoms with Gasteiger partial charge in [0.05, 0.1) is 5.75 Å². The largest absolute Gasteiger partial charge is 0.212 e. The molecule has 0 spiro atoms. The van der Waals surface area contributed by atoms with Crippen LogP contribution in [0.4, 0.5) is 0 Å². The molecule has 1 aromatic carbocycles. The molecule has 0 aromatic heterocycles. The van der Waals surface area contributed by atoms with Crippen LogP contribution in [0.1, 0.15) is 31.0 Å². The van der Waals surface area contributed by atoms with E-state index >= 15 is 0 Å². The molecule has 1 rings (SSSR count). The van der Waals surface area contributed by atoms with Gasteiger partial charge in [-0.2, -0.15) is 0 Å². The number of sulfonamides is 1. The van der Waals surface area contributed by atoms with Gasteiger partial charge in [0.15, 0.2) is 0 Å². The Hall–Kier alpha value is -0.870. The lowest BCUT2D eigenvalue weighted by atomic mass is 10.0. The van der Waals surface area contributed by atoms with E-state index in [1.165, 1.54) is 0 Å². The summed E-state index contributed by atoms with van der Waals surface area (Å²) in [5.41, 5.74) is 2.12. The van der Waals surface area contributed by atoms with Gasteiger partial charge in [0, 0.05) is 6.04 Å². The van der Waals surface area contributed by atoms with Crippen molar-refractivity contribution in [3.63, 3.8) is 0 Å². The van der Waals surface area contributed by atoms with E-state index in [4.69, 9.17) is 0 Å². The lowest BCUT2D eigenvalue weighted by Gasteiger charge is -2.15. The molecular weight excluding hydrogens is 210 g/mol. The molecule has 0 aliphatic carbocycles. The molecule has 0 radical (unpaired) electrons. The highest BCUT2D eigenvalue weighted by atomic mass is 32.2. The number of hydrogen-bond acceptors (Lipinski definition) is 2. The van der Waals surface area contributed by atoms with E-state index < -0.39 is 10.0 Å². The quantitative estimate of drug-likeness (QED) is 0.855. The van der Waals surface area contributed by atoms with Crippen molar-refractivity contribution in [1.82, 2.24) is 4.72 Å². The molecule has 1 aromatic rings. The van der Waals surface area contributed by atoms with E-state index in [0.717, 1.165) is 11.1 Å². The molecule has 0 aliphatic rings. The number of rotatable bonds is 4. The summed E-state index contributed by atoms with van der Waals surface area (Å²) in [5, 5.41) is 0. The lowest BCUT2D eigenvalue weighted by molar-refractivity contribution is 0.568. The number of nitrogens with one attached hydrogen (secondary N) is 1. The molecular formula is C11H17NO2S. The van der Waals surface area contributed by atoms with Gasteiger partial charge in [-0.15, -0.1) is 0 Å². The van der Waals surface area contributed by atoms with Gasteiger partial charge in [-0.05, 0) is 31.9 Å². The molecule has 4 heteroatoms. The van der Waals surface area contributed by atoms with Crippen molar-refractivity contribution in [3.8, 4) is 0 Å². The van der Waals surface area contributed by atoms with Gasteiger partial charge < -0.3 is 0 Å². The van der Waals surface area contributed by atoms with Crippen LogP contribution in [0.25, 0.3) is 0 Å². The van der Waals surface area contributed by atoms with Crippen molar-refractivity contribution in [2.75, 3.05) is 5.75 Å². The van der Waals surface area contributed by atoms with Crippen LogP contribution in [0.15, 0.2) is 24.3 Å². The highest BCUT2D eigenvalue weighted by Crippen LogP contribution is 2.17. The Morgan fingerprint density at radius 2 is 1.93 bits per heavy atom. The van der Waals surface area contributed by atoms with Crippen molar-refractivity contribution in [1.29, 1.82) is 0 Å². The minimum absolute atomic E-state index is 0.114. The smallest absolute Gasteiger partial charge is 0.211 e. The molecule has 0 heterocycles. The molecule has 0 saturated heterocycles. The van der Waals surface area contributed by atoms with E-state index in [-0.39, 0.29) is 11.8 Å². The minimum Gasteiger partial charge on any atom is -0.212 e. The molecule has 0 fully saturated rings. The van der Waals surface area contributed by atoms with Crippen molar-refractivity contribution in [3.05, 3.63) is 35.4 Å². The maximum absolute atomic E-state index is 11.4. The monoisotopic (exact) mass is 227 g/mol. The molecule has 0 bridgehead atoms. The van der Waals surface area contributed by atoms with Crippen molar-refractivity contribution >= 4 is 10.0 Å². The Labute approximate surface area is 91.6 Å². The maximum Gasteiger partial charge on any atom is 0.211 e. The summed E-state index contributed by atoms with van der Waals surface area (Å²) in [6, 6.07) is 7.61. The highest BCUT2D eigenvalue weighted by molar-refractivity contribution is 7.89. The Balaban J connectivity index is 2.87. The summed E-state index contributed by atoms with van der Waals surface area (Å²) >= 11 is 0. The molecule has 0 aliphatic heterocycles. The zero-order chi connectivity index (χ0) is 11.5. The Kier molecular flexibility index (Phi) is 3.88. The van der Waals surface area contributed by atoms with Crippen LogP contribution in [0.3, 0.4) is 0 Å². The highest BCUT2D eigenvalue weighted by Gasteiger charge is 2.14. The summed E-state index contributed by atoms with van der Waals surface area (Å²) in [5.74, 6) is 0.114. The molecule has 1 atom stereocenters. The first-order valence-corrected chi connectivity index (χ1v) is 6.67. The van der Waals surface area contributed by atoms with Crippen LogP contribution in [0.5, 0.6) is 0 Å². The average molecular weight is 227 g/mol. The first kappa shape index (κ1) is 12.2. The van der Waals surface area contributed by atoms with Crippen LogP contribution >= 0.6 is 0 Å². The summed E-state index contributed by atoms with van der Waals surface area (Å²) in [6.07, 6.45) is 0. The van der Waals surface area contributed by atoms with Crippen molar-refractivity contribution in [2.24, 2.45) is 0 Å². The second-order valence-electron chi connectivity index (χ2n) is 3.60. The second-order valence-corrected chi connectivity index (χ2v) is 5.64. The normalized spacial score (nSPS) is 13.8. The molecule has 3 nitrogen and oxygen atoms in total. The van der Waals surface area contributed by atoms with Gasteiger partial charge >= 0.3 is 0 Å². The molecule has 1 N–H and O–H groups in total. The summed E-state index contributed by atoms with van der Waals surface area (Å²) in [7, 11) is -3.13. The van der Waals surface area contributed by atoms with Crippen molar-refractivity contribution in [2.45, 2.75) is 26.8 Å². The molecule has 15 heavy (non-hydrogen) atoms. The van der Waals surface area contributed by atoms with E-state index in [0.29, 0.717) is 0 Å². The van der Waals surface area contributed by atoms with Crippen molar-refractivity contribution < 1.29 is 8.42 Å². The van der Waals surface area contributed by atoms with Gasteiger partial charge in [0.1, 0.15) is 0 Å². The fraction of sp³-hybridized carbons (Fsp3) is 0.455. The maximum atomic E-state index is 11.4. The molecule has 0 saturated carbocycles. The molecule has 0 unspecified atom stereocenters. The van der Waals surface area contributed by atoms with Crippen LogP contribution in [0.2, 0.25) is 0 Å². The number of hydrogen-bond donors (Lipinski definition) is 1. The fourth-order valence-electron chi connectivity index (χ4n) is 1.49. The van der Waals surface area contributed by atoms with E-state index in [1.54, 1.807) is 6.92 Å². The predicted octanol–water partition coefficient (Wildman–Crippen LogP) is 2.00. The first-order valence-electron chi connectivity index (χ1n) is 5.02. The third-order valence-corrected chi connectivity index (χ3v) is 3.86. The third kappa shape index (κ3) is 3.32. The van der Waals surface area contributed by atoms with Crippen LogP contribution < -0.4 is 4.72 Å². The first-order chi connectivity index (χ1) is 6.96. The summed E-state index contributed by atoms with van der Waals surface area (Å²) in [4.78, 5) is 0. The topological polar surface area (TPSA) is 46.2 Å². The standard InChI is InChI=1S/C11H17NO2S/c1-4-15(13,14)12-10(3)11-8-6-5-7-9(11)2/h5-8,10,12H,4H2,1-3H3/t10-/m0/s1. The molecule has 0 amide bonds. The Bertz CT molecular complexity index is 426. The SMILES string of the molecule is CCS(=O)(=O)N[C@@H](C)c1ccccc1C. The second kappa shape index (κ2) is 4.77. The van der Waals surface area contributed by atoms with E-state index in [1.807, 2.05) is 38.1 Å². The van der Waals surface area contributed by atoms with E-state index in [9.17, 15) is 8.42 Å². The van der Waals surface area contributed by atoms with Crippen LogP contribution in [-0.4, -0.2) is 14.2 Å². The third-order valence-electron chi connectivity index (χ3n) is 2.39. The lowest BCUT2D eigenvalue weighted by Crippen LogP contribution is -2.28. The van der Waals surface area contributed by atoms with Crippen LogP contribution in [-0.2, 0) is 10.0 Å². The Morgan fingerprint density at radius 1 is 1.33 bits per heavy atom. The van der Waals surface area contributed by atoms with Gasteiger partial charge in [0.2, 0.25) is 10.0 Å². The van der Waals surface area contributed by atoms with Crippen LogP contribution in [0, 0.1) is 6.92 Å². The van der Waals surface area contributed by atoms with E-state index in [2.05, 4.69) is 4.72 Å². The van der Waals surface area contributed by atoms with Gasteiger partial charge in [0.25, 0.3) is 0 Å².